The number of ether oxygens (including phenoxy) is 1. The highest BCUT2D eigenvalue weighted by atomic mass is 16.5. The molecular weight excluding hydrogens is 284 g/mol. The zero-order valence-electron chi connectivity index (χ0n) is 13.7. The molecule has 0 radical (unpaired) electrons. The van der Waals surface area contributed by atoms with E-state index in [9.17, 15) is 9.59 Å². The van der Waals surface area contributed by atoms with Gasteiger partial charge in [-0.25, -0.2) is 0 Å². The van der Waals surface area contributed by atoms with Crippen molar-refractivity contribution in [1.82, 2.24) is 20.0 Å². The van der Waals surface area contributed by atoms with E-state index in [-0.39, 0.29) is 24.5 Å². The quantitative estimate of drug-likeness (QED) is 0.764. The van der Waals surface area contributed by atoms with E-state index < -0.39 is 0 Å². The number of amides is 1. The maximum Gasteiger partial charge on any atom is 0.320 e. The number of rotatable bonds is 6. The number of aromatic amines is 1. The van der Waals surface area contributed by atoms with Crippen LogP contribution in [0.15, 0.2) is 0 Å². The number of aryl methyl sites for hydroxylation is 2. The molecule has 0 spiro atoms. The van der Waals surface area contributed by atoms with Crippen LogP contribution in [-0.2, 0) is 20.7 Å². The first-order chi connectivity index (χ1) is 10.4. The van der Waals surface area contributed by atoms with Crippen LogP contribution in [0, 0.1) is 13.8 Å². The summed E-state index contributed by atoms with van der Waals surface area (Å²) < 4.78 is 4.93. The van der Waals surface area contributed by atoms with Crippen LogP contribution in [0.3, 0.4) is 0 Å². The van der Waals surface area contributed by atoms with Gasteiger partial charge in [0.05, 0.1) is 25.3 Å². The van der Waals surface area contributed by atoms with Crippen molar-refractivity contribution in [2.45, 2.75) is 33.2 Å². The normalized spacial score (nSPS) is 15.0. The molecule has 7 heteroatoms. The lowest BCUT2D eigenvalue weighted by Gasteiger charge is -2.43. The summed E-state index contributed by atoms with van der Waals surface area (Å²) >= 11 is 0. The highest BCUT2D eigenvalue weighted by molar-refractivity contribution is 5.80. The Labute approximate surface area is 130 Å². The molecule has 1 amide bonds. The maximum absolute atomic E-state index is 12.3. The summed E-state index contributed by atoms with van der Waals surface area (Å²) in [4.78, 5) is 27.5. The van der Waals surface area contributed by atoms with Crippen molar-refractivity contribution in [3.8, 4) is 0 Å². The van der Waals surface area contributed by atoms with Gasteiger partial charge in [0.1, 0.15) is 0 Å². The standard InChI is InChI=1S/C15H24N4O3/c1-5-22-15(21)9-18(4)12-7-19(8-12)14(20)6-13-10(2)16-17-11(13)3/h12H,5-9H2,1-4H3,(H,16,17). The van der Waals surface area contributed by atoms with Gasteiger partial charge in [-0.2, -0.15) is 5.10 Å². The third-order valence-corrected chi connectivity index (χ3v) is 4.13. The second-order valence-electron chi connectivity index (χ2n) is 5.76. The van der Waals surface area contributed by atoms with Gasteiger partial charge >= 0.3 is 5.97 Å². The van der Waals surface area contributed by atoms with Crippen molar-refractivity contribution >= 4 is 11.9 Å². The SMILES string of the molecule is CCOC(=O)CN(C)C1CN(C(=O)Cc2c(C)n[nH]c2C)C1. The van der Waals surface area contributed by atoms with Gasteiger partial charge in [0.25, 0.3) is 0 Å². The number of aromatic nitrogens is 2. The number of hydrogen-bond acceptors (Lipinski definition) is 5. The van der Waals surface area contributed by atoms with E-state index >= 15 is 0 Å². The van der Waals surface area contributed by atoms with Crippen LogP contribution in [0.2, 0.25) is 0 Å². The highest BCUT2D eigenvalue weighted by Gasteiger charge is 2.34. The molecule has 0 saturated carbocycles. The molecule has 1 aromatic rings. The summed E-state index contributed by atoms with van der Waals surface area (Å²) in [7, 11) is 1.88. The van der Waals surface area contributed by atoms with Gasteiger partial charge in [-0.15, -0.1) is 0 Å². The average Bonchev–Trinajstić information content (AvgIpc) is 2.69. The molecule has 0 aliphatic carbocycles. The topological polar surface area (TPSA) is 78.5 Å². The fraction of sp³-hybridized carbons (Fsp3) is 0.667. The Hall–Kier alpha value is -1.89. The van der Waals surface area contributed by atoms with Crippen LogP contribution >= 0.6 is 0 Å². The number of carbonyl (C=O) groups excluding carboxylic acids is 2. The van der Waals surface area contributed by atoms with Gasteiger partial charge in [-0.3, -0.25) is 19.6 Å². The monoisotopic (exact) mass is 308 g/mol. The molecule has 1 aliphatic rings. The van der Waals surface area contributed by atoms with Gasteiger partial charge in [0.2, 0.25) is 5.91 Å². The fourth-order valence-electron chi connectivity index (χ4n) is 2.57. The molecule has 1 aliphatic heterocycles. The molecule has 0 aromatic carbocycles. The van der Waals surface area contributed by atoms with E-state index in [0.29, 0.717) is 26.1 Å². The summed E-state index contributed by atoms with van der Waals surface area (Å²) in [5, 5.41) is 7.01. The van der Waals surface area contributed by atoms with Crippen molar-refractivity contribution in [3.63, 3.8) is 0 Å². The first kappa shape index (κ1) is 16.5. The summed E-state index contributed by atoms with van der Waals surface area (Å²) in [6.45, 7) is 7.59. The molecule has 0 unspecified atom stereocenters. The number of hydrogen-bond donors (Lipinski definition) is 1. The molecule has 2 rings (SSSR count). The van der Waals surface area contributed by atoms with Crippen molar-refractivity contribution in [1.29, 1.82) is 0 Å². The minimum absolute atomic E-state index is 0.105. The Balaban J connectivity index is 1.78. The van der Waals surface area contributed by atoms with Crippen LogP contribution in [0.4, 0.5) is 0 Å². The van der Waals surface area contributed by atoms with Crippen molar-refractivity contribution in [2.24, 2.45) is 0 Å². The van der Waals surface area contributed by atoms with Crippen LogP contribution in [0.1, 0.15) is 23.9 Å². The molecule has 0 bridgehead atoms. The minimum atomic E-state index is -0.223. The molecule has 1 fully saturated rings. The number of esters is 1. The minimum Gasteiger partial charge on any atom is -0.465 e. The largest absolute Gasteiger partial charge is 0.465 e. The number of likely N-dealkylation sites (N-methyl/N-ethyl adjacent to an activating group) is 1. The second kappa shape index (κ2) is 6.91. The Morgan fingerprint density at radius 3 is 2.64 bits per heavy atom. The Morgan fingerprint density at radius 2 is 2.09 bits per heavy atom. The van der Waals surface area contributed by atoms with E-state index in [1.807, 2.05) is 30.7 Å². The van der Waals surface area contributed by atoms with Gasteiger partial charge in [0.15, 0.2) is 0 Å². The molecule has 1 N–H and O–H groups in total. The second-order valence-corrected chi connectivity index (χ2v) is 5.76. The molecule has 0 atom stereocenters. The number of likely N-dealkylation sites (tertiary alicyclic amines) is 1. The lowest BCUT2D eigenvalue weighted by molar-refractivity contribution is -0.146. The lowest BCUT2D eigenvalue weighted by atomic mass is 10.0. The average molecular weight is 308 g/mol. The molecule has 1 saturated heterocycles. The maximum atomic E-state index is 12.3. The summed E-state index contributed by atoms with van der Waals surface area (Å²) in [5.41, 5.74) is 2.80. The highest BCUT2D eigenvalue weighted by Crippen LogP contribution is 2.17. The van der Waals surface area contributed by atoms with Gasteiger partial charge in [0, 0.05) is 30.4 Å². The van der Waals surface area contributed by atoms with Gasteiger partial charge in [-0.05, 0) is 27.8 Å². The zero-order chi connectivity index (χ0) is 16.3. The van der Waals surface area contributed by atoms with Crippen molar-refractivity contribution < 1.29 is 14.3 Å². The lowest BCUT2D eigenvalue weighted by Crippen LogP contribution is -2.61. The van der Waals surface area contributed by atoms with E-state index in [2.05, 4.69) is 10.2 Å². The van der Waals surface area contributed by atoms with Crippen LogP contribution in [-0.4, -0.2) is 71.2 Å². The summed E-state index contributed by atoms with van der Waals surface area (Å²) in [6.07, 6.45) is 0.377. The summed E-state index contributed by atoms with van der Waals surface area (Å²) in [5.74, 6) is -0.118. The van der Waals surface area contributed by atoms with Crippen LogP contribution in [0.5, 0.6) is 0 Å². The van der Waals surface area contributed by atoms with Crippen LogP contribution in [0.25, 0.3) is 0 Å². The Bertz CT molecular complexity index is 529. The number of nitrogens with zero attached hydrogens (tertiary/aromatic N) is 3. The van der Waals surface area contributed by atoms with Gasteiger partial charge in [-0.1, -0.05) is 0 Å². The fourth-order valence-corrected chi connectivity index (χ4v) is 2.57. The molecule has 1 aromatic heterocycles. The predicted molar refractivity (Wildman–Crippen MR) is 81.4 cm³/mol. The number of H-pyrrole nitrogens is 1. The first-order valence-corrected chi connectivity index (χ1v) is 7.56. The predicted octanol–water partition coefficient (Wildman–Crippen LogP) is 0.275. The number of nitrogens with one attached hydrogen (secondary N) is 1. The van der Waals surface area contributed by atoms with E-state index in [4.69, 9.17) is 4.74 Å². The Morgan fingerprint density at radius 1 is 1.41 bits per heavy atom. The van der Waals surface area contributed by atoms with Crippen molar-refractivity contribution in [2.75, 3.05) is 33.3 Å². The van der Waals surface area contributed by atoms with E-state index in [0.717, 1.165) is 17.0 Å². The zero-order valence-corrected chi connectivity index (χ0v) is 13.7. The van der Waals surface area contributed by atoms with E-state index in [1.54, 1.807) is 6.92 Å². The first-order valence-electron chi connectivity index (χ1n) is 7.56. The molecule has 2 heterocycles. The molecular formula is C15H24N4O3. The van der Waals surface area contributed by atoms with Gasteiger partial charge < -0.3 is 9.64 Å². The Kier molecular flexibility index (Phi) is 5.18. The molecule has 22 heavy (non-hydrogen) atoms. The molecule has 7 nitrogen and oxygen atoms in total. The summed E-state index contributed by atoms with van der Waals surface area (Å²) in [6, 6.07) is 0.222. The van der Waals surface area contributed by atoms with E-state index in [1.165, 1.54) is 0 Å². The third-order valence-electron chi connectivity index (χ3n) is 4.13. The molecule has 122 valence electrons. The smallest absolute Gasteiger partial charge is 0.320 e. The third kappa shape index (κ3) is 3.65. The van der Waals surface area contributed by atoms with Crippen molar-refractivity contribution in [3.05, 3.63) is 17.0 Å². The number of carbonyl (C=O) groups is 2. The van der Waals surface area contributed by atoms with Crippen LogP contribution < -0.4 is 0 Å².